The SMILES string of the molecule is CCC(CC)C(C(CC)C(C)(C)CC)C(C)(C)C. The van der Waals surface area contributed by atoms with Crippen LogP contribution in [0.4, 0.5) is 0 Å². The van der Waals surface area contributed by atoms with Crippen molar-refractivity contribution < 1.29 is 0 Å². The Hall–Kier alpha value is 0. The summed E-state index contributed by atoms with van der Waals surface area (Å²) in [6.45, 7) is 21.8. The van der Waals surface area contributed by atoms with Crippen LogP contribution in [0.5, 0.6) is 0 Å². The van der Waals surface area contributed by atoms with Gasteiger partial charge in [-0.1, -0.05) is 88.0 Å². The van der Waals surface area contributed by atoms with Gasteiger partial charge in [0.2, 0.25) is 0 Å². The monoisotopic (exact) mass is 254 g/mol. The lowest BCUT2D eigenvalue weighted by Crippen LogP contribution is -2.41. The number of hydrogen-bond acceptors (Lipinski definition) is 0. The van der Waals surface area contributed by atoms with Gasteiger partial charge in [-0.25, -0.2) is 0 Å². The molecule has 0 nitrogen and oxygen atoms in total. The van der Waals surface area contributed by atoms with Crippen LogP contribution in [-0.4, -0.2) is 0 Å². The molecule has 2 unspecified atom stereocenters. The van der Waals surface area contributed by atoms with Gasteiger partial charge in [0.15, 0.2) is 0 Å². The first-order valence-electron chi connectivity index (χ1n) is 8.15. The molecule has 0 aliphatic heterocycles. The van der Waals surface area contributed by atoms with Crippen molar-refractivity contribution in [3.05, 3.63) is 0 Å². The Kier molecular flexibility index (Phi) is 6.96. The summed E-state index contributed by atoms with van der Waals surface area (Å²) in [5.41, 5.74) is 0.888. The van der Waals surface area contributed by atoms with Crippen LogP contribution in [0.3, 0.4) is 0 Å². The third-order valence-corrected chi connectivity index (χ3v) is 5.34. The molecule has 0 saturated carbocycles. The van der Waals surface area contributed by atoms with E-state index in [1.807, 2.05) is 0 Å². The molecular weight excluding hydrogens is 216 g/mol. The Morgan fingerprint density at radius 2 is 1.17 bits per heavy atom. The number of hydrogen-bond donors (Lipinski definition) is 0. The summed E-state index contributed by atoms with van der Waals surface area (Å²) in [7, 11) is 0. The highest BCUT2D eigenvalue weighted by atomic mass is 14.5. The number of rotatable bonds is 7. The molecule has 0 saturated heterocycles. The Bertz CT molecular complexity index is 215. The van der Waals surface area contributed by atoms with Gasteiger partial charge in [-0.3, -0.25) is 0 Å². The fraction of sp³-hybridized carbons (Fsp3) is 1.00. The molecule has 0 N–H and O–H groups in total. The molecule has 0 amide bonds. The second-order valence-corrected chi connectivity index (χ2v) is 7.83. The van der Waals surface area contributed by atoms with E-state index in [0.29, 0.717) is 10.8 Å². The van der Waals surface area contributed by atoms with Crippen molar-refractivity contribution in [2.75, 3.05) is 0 Å². The average Bonchev–Trinajstić information content (AvgIpc) is 2.28. The van der Waals surface area contributed by atoms with E-state index in [4.69, 9.17) is 0 Å². The lowest BCUT2D eigenvalue weighted by Gasteiger charge is -2.48. The predicted octanol–water partition coefficient (Wildman–Crippen LogP) is 6.55. The largest absolute Gasteiger partial charge is 0.0651 e. The van der Waals surface area contributed by atoms with E-state index in [1.165, 1.54) is 25.7 Å². The van der Waals surface area contributed by atoms with Gasteiger partial charge in [0.1, 0.15) is 0 Å². The van der Waals surface area contributed by atoms with Gasteiger partial charge < -0.3 is 0 Å². The van der Waals surface area contributed by atoms with Crippen LogP contribution in [0.15, 0.2) is 0 Å². The zero-order chi connectivity index (χ0) is 14.6. The summed E-state index contributed by atoms with van der Waals surface area (Å²) in [6, 6.07) is 0. The average molecular weight is 255 g/mol. The van der Waals surface area contributed by atoms with Crippen LogP contribution in [0.2, 0.25) is 0 Å². The Morgan fingerprint density at radius 1 is 0.722 bits per heavy atom. The minimum Gasteiger partial charge on any atom is -0.0651 e. The Labute approximate surface area is 117 Å². The van der Waals surface area contributed by atoms with Crippen LogP contribution < -0.4 is 0 Å². The van der Waals surface area contributed by atoms with Crippen molar-refractivity contribution in [3.63, 3.8) is 0 Å². The summed E-state index contributed by atoms with van der Waals surface area (Å²) in [5, 5.41) is 0. The fourth-order valence-corrected chi connectivity index (χ4v) is 3.99. The van der Waals surface area contributed by atoms with Crippen LogP contribution in [0.1, 0.15) is 88.0 Å². The molecule has 0 aromatic rings. The Morgan fingerprint density at radius 3 is 1.39 bits per heavy atom. The minimum absolute atomic E-state index is 0.420. The van der Waals surface area contributed by atoms with Gasteiger partial charge in [-0.15, -0.1) is 0 Å². The van der Waals surface area contributed by atoms with Crippen molar-refractivity contribution in [1.82, 2.24) is 0 Å². The highest BCUT2D eigenvalue weighted by Gasteiger charge is 2.41. The molecule has 0 spiro atoms. The molecular formula is C18H38. The summed E-state index contributed by atoms with van der Waals surface area (Å²) in [6.07, 6.45) is 5.26. The van der Waals surface area contributed by atoms with Gasteiger partial charge in [0.25, 0.3) is 0 Å². The molecule has 0 aliphatic carbocycles. The molecule has 0 radical (unpaired) electrons. The Balaban J connectivity index is 5.40. The third-order valence-electron chi connectivity index (χ3n) is 5.34. The molecule has 0 heterocycles. The van der Waals surface area contributed by atoms with Gasteiger partial charge in [-0.05, 0) is 28.6 Å². The molecule has 0 heteroatoms. The first kappa shape index (κ1) is 18.0. The first-order chi connectivity index (χ1) is 8.15. The van der Waals surface area contributed by atoms with E-state index < -0.39 is 0 Å². The second kappa shape index (κ2) is 6.96. The third kappa shape index (κ3) is 4.28. The van der Waals surface area contributed by atoms with E-state index in [-0.39, 0.29) is 0 Å². The maximum absolute atomic E-state index is 2.47. The quantitative estimate of drug-likeness (QED) is 0.483. The van der Waals surface area contributed by atoms with Crippen molar-refractivity contribution in [1.29, 1.82) is 0 Å². The topological polar surface area (TPSA) is 0 Å². The smallest absolute Gasteiger partial charge is 0.0304 e. The lowest BCUT2D eigenvalue weighted by atomic mass is 9.57. The molecule has 110 valence electrons. The molecule has 0 rings (SSSR count). The summed E-state index contributed by atoms with van der Waals surface area (Å²) < 4.78 is 0. The summed E-state index contributed by atoms with van der Waals surface area (Å²) in [5.74, 6) is 2.56. The molecule has 0 bridgehead atoms. The minimum atomic E-state index is 0.420. The first-order valence-corrected chi connectivity index (χ1v) is 8.15. The molecule has 0 aliphatic rings. The van der Waals surface area contributed by atoms with Crippen molar-refractivity contribution in [2.45, 2.75) is 88.0 Å². The molecule has 0 fully saturated rings. The zero-order valence-corrected chi connectivity index (χ0v) is 14.6. The van der Waals surface area contributed by atoms with Crippen molar-refractivity contribution in [3.8, 4) is 0 Å². The van der Waals surface area contributed by atoms with E-state index in [2.05, 4.69) is 62.3 Å². The van der Waals surface area contributed by atoms with Crippen molar-refractivity contribution >= 4 is 0 Å². The highest BCUT2D eigenvalue weighted by Crippen LogP contribution is 2.49. The molecule has 0 aromatic carbocycles. The van der Waals surface area contributed by atoms with Crippen LogP contribution in [-0.2, 0) is 0 Å². The lowest BCUT2D eigenvalue weighted by molar-refractivity contribution is 0.00870. The van der Waals surface area contributed by atoms with Gasteiger partial charge in [0.05, 0.1) is 0 Å². The normalized spacial score (nSPS) is 17.0. The van der Waals surface area contributed by atoms with Crippen LogP contribution in [0.25, 0.3) is 0 Å². The standard InChI is InChI=1S/C18H38/c1-10-14(11-2)16(17(5,6)7)15(12-3)18(8,9)13-4/h14-16H,10-13H2,1-9H3. The summed E-state index contributed by atoms with van der Waals surface area (Å²) in [4.78, 5) is 0. The van der Waals surface area contributed by atoms with Crippen LogP contribution in [0, 0.1) is 28.6 Å². The van der Waals surface area contributed by atoms with Gasteiger partial charge >= 0.3 is 0 Å². The molecule has 18 heavy (non-hydrogen) atoms. The van der Waals surface area contributed by atoms with E-state index in [9.17, 15) is 0 Å². The maximum Gasteiger partial charge on any atom is -0.0304 e. The fourth-order valence-electron chi connectivity index (χ4n) is 3.99. The van der Waals surface area contributed by atoms with E-state index in [0.717, 1.165) is 17.8 Å². The van der Waals surface area contributed by atoms with E-state index in [1.54, 1.807) is 0 Å². The summed E-state index contributed by atoms with van der Waals surface area (Å²) >= 11 is 0. The second-order valence-electron chi connectivity index (χ2n) is 7.83. The van der Waals surface area contributed by atoms with Crippen molar-refractivity contribution in [2.24, 2.45) is 28.6 Å². The highest BCUT2D eigenvalue weighted by molar-refractivity contribution is 4.90. The molecule has 2 atom stereocenters. The molecule has 0 aromatic heterocycles. The maximum atomic E-state index is 2.47. The van der Waals surface area contributed by atoms with Crippen LogP contribution >= 0.6 is 0 Å². The predicted molar refractivity (Wildman–Crippen MR) is 84.9 cm³/mol. The van der Waals surface area contributed by atoms with E-state index >= 15 is 0 Å². The van der Waals surface area contributed by atoms with Gasteiger partial charge in [-0.2, -0.15) is 0 Å². The zero-order valence-electron chi connectivity index (χ0n) is 14.6. The van der Waals surface area contributed by atoms with Gasteiger partial charge in [0, 0.05) is 0 Å².